The van der Waals surface area contributed by atoms with Crippen molar-refractivity contribution in [3.8, 4) is 33.6 Å². The van der Waals surface area contributed by atoms with Crippen molar-refractivity contribution in [3.63, 3.8) is 0 Å². The number of fused-ring (bicyclic) bond motifs is 6. The predicted molar refractivity (Wildman–Crippen MR) is 270 cm³/mol. The molecule has 10 aromatic carbocycles. The molecule has 0 N–H and O–H groups in total. The molecule has 0 bridgehead atoms. The van der Waals surface area contributed by atoms with Gasteiger partial charge in [-0.15, -0.1) is 0 Å². The van der Waals surface area contributed by atoms with Crippen LogP contribution in [0.5, 0.6) is 0 Å². The van der Waals surface area contributed by atoms with Gasteiger partial charge in [0.05, 0.1) is 22.1 Å². The van der Waals surface area contributed by atoms with E-state index >= 15 is 0 Å². The number of hydrogen-bond donors (Lipinski definition) is 0. The van der Waals surface area contributed by atoms with Crippen LogP contribution in [-0.2, 0) is 0 Å². The second-order valence-corrected chi connectivity index (χ2v) is 20.3. The summed E-state index contributed by atoms with van der Waals surface area (Å²) in [6, 6.07) is 94.1. The molecule has 12 aromatic rings. The molecule has 0 spiro atoms. The third-order valence-corrected chi connectivity index (χ3v) is 17.9. The SMILES string of the molecule is c1ccc(-c2ccc(-n3c4ccccc4c4cccc(-c5ccc6c(c5)c5ccccc5n6-c5ccc([Si](c6ccccc6)(c6ccccc6)c6ccccc6)cc5)c43)cc2)cc1. The monoisotopic (exact) mass is 818 g/mol. The maximum Gasteiger partial charge on any atom is 0.179 e. The zero-order chi connectivity index (χ0) is 41.7. The molecular weight excluding hydrogens is 777 g/mol. The fourth-order valence-electron chi connectivity index (χ4n) is 10.3. The summed E-state index contributed by atoms with van der Waals surface area (Å²) in [4.78, 5) is 0. The standard InChI is InChI=1S/C60H42N2Si/c1-5-18-43(19-6-1)44-32-35-47(36-33-44)62-58-31-16-13-26-53(58)55-29-17-28-52(60(55)62)45-34-41-59-56(42-45)54-27-14-15-30-57(54)61(59)46-37-39-51(40-38-46)63(48-20-7-2-8-21-48,49-22-9-3-10-23-49)50-24-11-4-12-25-50/h1-42H. The quantitative estimate of drug-likeness (QED) is 0.107. The van der Waals surface area contributed by atoms with Crippen LogP contribution in [0.4, 0.5) is 0 Å². The minimum atomic E-state index is -2.65. The van der Waals surface area contributed by atoms with Crippen LogP contribution in [0, 0.1) is 0 Å². The summed E-state index contributed by atoms with van der Waals surface area (Å²) < 4.78 is 4.90. The molecule has 0 atom stereocenters. The van der Waals surface area contributed by atoms with Crippen molar-refractivity contribution in [2.24, 2.45) is 0 Å². The first-order chi connectivity index (χ1) is 31.3. The molecule has 12 rings (SSSR count). The average Bonchev–Trinajstić information content (AvgIpc) is 3.89. The van der Waals surface area contributed by atoms with Gasteiger partial charge in [0.15, 0.2) is 8.07 Å². The summed E-state index contributed by atoms with van der Waals surface area (Å²) in [6.07, 6.45) is 0. The summed E-state index contributed by atoms with van der Waals surface area (Å²) in [5.41, 5.74) is 11.9. The van der Waals surface area contributed by atoms with E-state index in [2.05, 4.69) is 264 Å². The van der Waals surface area contributed by atoms with Gasteiger partial charge in [-0.3, -0.25) is 0 Å². The Bertz CT molecular complexity index is 3480. The zero-order valence-electron chi connectivity index (χ0n) is 34.6. The van der Waals surface area contributed by atoms with Crippen LogP contribution in [0.1, 0.15) is 0 Å². The molecule has 0 saturated carbocycles. The lowest BCUT2D eigenvalue weighted by Crippen LogP contribution is -2.74. The number of para-hydroxylation sites is 3. The van der Waals surface area contributed by atoms with Crippen LogP contribution >= 0.6 is 0 Å². The largest absolute Gasteiger partial charge is 0.309 e. The number of hydrogen-bond acceptors (Lipinski definition) is 0. The van der Waals surface area contributed by atoms with Crippen LogP contribution in [0.15, 0.2) is 255 Å². The molecule has 296 valence electrons. The summed E-state index contributed by atoms with van der Waals surface area (Å²) in [5, 5.41) is 10.5. The zero-order valence-corrected chi connectivity index (χ0v) is 35.6. The molecule has 0 radical (unpaired) electrons. The Labute approximate surface area is 368 Å². The Morgan fingerprint density at radius 1 is 0.254 bits per heavy atom. The Morgan fingerprint density at radius 2 is 0.667 bits per heavy atom. The molecule has 0 aliphatic heterocycles. The van der Waals surface area contributed by atoms with Gasteiger partial charge in [0.2, 0.25) is 0 Å². The van der Waals surface area contributed by atoms with Gasteiger partial charge < -0.3 is 9.13 Å². The summed E-state index contributed by atoms with van der Waals surface area (Å²) >= 11 is 0. The summed E-state index contributed by atoms with van der Waals surface area (Å²) in [6.45, 7) is 0. The van der Waals surface area contributed by atoms with Crippen molar-refractivity contribution in [1.82, 2.24) is 9.13 Å². The fourth-order valence-corrected chi connectivity index (χ4v) is 15.0. The van der Waals surface area contributed by atoms with Gasteiger partial charge in [-0.2, -0.15) is 0 Å². The van der Waals surface area contributed by atoms with Crippen LogP contribution in [-0.4, -0.2) is 17.2 Å². The van der Waals surface area contributed by atoms with Crippen LogP contribution in [0.25, 0.3) is 77.2 Å². The summed E-state index contributed by atoms with van der Waals surface area (Å²) in [5.74, 6) is 0. The van der Waals surface area contributed by atoms with Crippen LogP contribution in [0.3, 0.4) is 0 Å². The van der Waals surface area contributed by atoms with E-state index in [1.54, 1.807) is 0 Å². The predicted octanol–water partition coefficient (Wildman–Crippen LogP) is 12.6. The highest BCUT2D eigenvalue weighted by atomic mass is 28.3. The second kappa shape index (κ2) is 15.2. The number of rotatable bonds is 8. The molecule has 2 heterocycles. The molecule has 0 aliphatic carbocycles. The van der Waals surface area contributed by atoms with E-state index in [1.807, 2.05) is 0 Å². The first-order valence-electron chi connectivity index (χ1n) is 21.8. The highest BCUT2D eigenvalue weighted by molar-refractivity contribution is 7.19. The lowest BCUT2D eigenvalue weighted by atomic mass is 9.99. The van der Waals surface area contributed by atoms with Crippen molar-refractivity contribution in [3.05, 3.63) is 255 Å². The molecule has 2 nitrogen and oxygen atoms in total. The van der Waals surface area contributed by atoms with Crippen molar-refractivity contribution in [2.45, 2.75) is 0 Å². The van der Waals surface area contributed by atoms with E-state index in [0.717, 1.165) is 11.4 Å². The fraction of sp³-hybridized carbons (Fsp3) is 0. The molecule has 0 aliphatic rings. The minimum Gasteiger partial charge on any atom is -0.309 e. The van der Waals surface area contributed by atoms with Gasteiger partial charge in [0, 0.05) is 38.5 Å². The molecule has 0 unspecified atom stereocenters. The first kappa shape index (κ1) is 36.8. The molecule has 0 fully saturated rings. The summed E-state index contributed by atoms with van der Waals surface area (Å²) in [7, 11) is -2.65. The molecule has 2 aromatic heterocycles. The van der Waals surface area contributed by atoms with E-state index < -0.39 is 8.07 Å². The van der Waals surface area contributed by atoms with Gasteiger partial charge >= 0.3 is 0 Å². The van der Waals surface area contributed by atoms with Gasteiger partial charge in [-0.05, 0) is 86.0 Å². The number of aromatic nitrogens is 2. The second-order valence-electron chi connectivity index (χ2n) is 16.4. The Morgan fingerprint density at radius 3 is 1.27 bits per heavy atom. The van der Waals surface area contributed by atoms with Crippen LogP contribution in [0.2, 0.25) is 0 Å². The van der Waals surface area contributed by atoms with Gasteiger partial charge in [0.1, 0.15) is 0 Å². The smallest absolute Gasteiger partial charge is 0.179 e. The van der Waals surface area contributed by atoms with E-state index in [4.69, 9.17) is 0 Å². The number of nitrogens with zero attached hydrogens (tertiary/aromatic N) is 2. The Hall–Kier alpha value is -7.98. The molecular formula is C60H42N2Si. The lowest BCUT2D eigenvalue weighted by Gasteiger charge is -2.34. The van der Waals surface area contributed by atoms with Crippen molar-refractivity contribution >= 4 is 72.4 Å². The number of benzene rings is 10. The minimum absolute atomic E-state index is 1.15. The Balaban J connectivity index is 1.02. The Kier molecular flexibility index (Phi) is 8.87. The maximum atomic E-state index is 2.45. The lowest BCUT2D eigenvalue weighted by molar-refractivity contribution is 1.18. The molecule has 63 heavy (non-hydrogen) atoms. The van der Waals surface area contributed by atoms with E-state index in [0.29, 0.717) is 0 Å². The van der Waals surface area contributed by atoms with Crippen LogP contribution < -0.4 is 20.7 Å². The van der Waals surface area contributed by atoms with E-state index in [-0.39, 0.29) is 0 Å². The van der Waals surface area contributed by atoms with Crippen molar-refractivity contribution in [1.29, 1.82) is 0 Å². The highest BCUT2D eigenvalue weighted by Gasteiger charge is 2.41. The van der Waals surface area contributed by atoms with Crippen molar-refractivity contribution in [2.75, 3.05) is 0 Å². The molecule has 3 heteroatoms. The third-order valence-electron chi connectivity index (χ3n) is 13.1. The molecule has 0 saturated heterocycles. The van der Waals surface area contributed by atoms with Gasteiger partial charge in [0.25, 0.3) is 0 Å². The van der Waals surface area contributed by atoms with E-state index in [9.17, 15) is 0 Å². The van der Waals surface area contributed by atoms with Gasteiger partial charge in [-0.1, -0.05) is 206 Å². The third kappa shape index (κ3) is 5.93. The molecule has 0 amide bonds. The van der Waals surface area contributed by atoms with Crippen molar-refractivity contribution < 1.29 is 0 Å². The normalized spacial score (nSPS) is 11.8. The highest BCUT2D eigenvalue weighted by Crippen LogP contribution is 2.41. The van der Waals surface area contributed by atoms with Gasteiger partial charge in [-0.25, -0.2) is 0 Å². The maximum absolute atomic E-state index is 2.65. The average molecular weight is 819 g/mol. The van der Waals surface area contributed by atoms with E-state index in [1.165, 1.54) is 86.6 Å². The first-order valence-corrected chi connectivity index (χ1v) is 23.8. The topological polar surface area (TPSA) is 9.86 Å².